The van der Waals surface area contributed by atoms with Crippen molar-refractivity contribution < 1.29 is 14.6 Å². The molecule has 0 aliphatic heterocycles. The summed E-state index contributed by atoms with van der Waals surface area (Å²) in [4.78, 5) is 12.9. The number of ketones is 1. The molecular weight excluding hydrogens is 410 g/mol. The second kappa shape index (κ2) is 9.65. The second-order valence-corrected chi connectivity index (χ2v) is 7.64. The molecule has 5 heteroatoms. The van der Waals surface area contributed by atoms with Crippen molar-refractivity contribution in [3.8, 4) is 5.75 Å². The number of benzene rings is 4. The minimum atomic E-state index is -0.769. The molecule has 0 aliphatic carbocycles. The molecular formula is C26H22ClNO3. The quantitative estimate of drug-likeness (QED) is 0.358. The Labute approximate surface area is 186 Å². The van der Waals surface area contributed by atoms with Crippen LogP contribution in [0.4, 0.5) is 5.69 Å². The van der Waals surface area contributed by atoms with Crippen LogP contribution in [0, 0.1) is 0 Å². The Kier molecular flexibility index (Phi) is 6.51. The number of carbonyl (C=O) groups is 1. The molecule has 0 bridgehead atoms. The van der Waals surface area contributed by atoms with Gasteiger partial charge in [0, 0.05) is 33.8 Å². The molecule has 4 aromatic rings. The van der Waals surface area contributed by atoms with Crippen LogP contribution in [0.25, 0.3) is 10.8 Å². The van der Waals surface area contributed by atoms with Gasteiger partial charge < -0.3 is 15.2 Å². The molecule has 1 atom stereocenters. The Morgan fingerprint density at radius 1 is 0.935 bits per heavy atom. The third-order valence-electron chi connectivity index (χ3n) is 4.97. The number of aliphatic hydroxyl groups excluding tert-OH is 1. The van der Waals surface area contributed by atoms with Crippen molar-refractivity contribution >= 4 is 33.8 Å². The van der Waals surface area contributed by atoms with E-state index in [0.717, 1.165) is 16.5 Å². The zero-order valence-corrected chi connectivity index (χ0v) is 17.5. The molecule has 156 valence electrons. The average molecular weight is 432 g/mol. The number of hydrogen-bond acceptors (Lipinski definition) is 4. The number of carbonyl (C=O) groups excluding carboxylic acids is 1. The van der Waals surface area contributed by atoms with Crippen molar-refractivity contribution in [1.29, 1.82) is 0 Å². The molecule has 0 radical (unpaired) electrons. The maximum absolute atomic E-state index is 12.9. The Bertz CT molecular complexity index is 1190. The molecule has 0 saturated carbocycles. The molecule has 0 saturated heterocycles. The van der Waals surface area contributed by atoms with Crippen molar-refractivity contribution in [3.05, 3.63) is 107 Å². The Morgan fingerprint density at radius 2 is 1.68 bits per heavy atom. The van der Waals surface area contributed by atoms with Gasteiger partial charge in [0.1, 0.15) is 18.5 Å². The normalized spacial score (nSPS) is 11.8. The highest BCUT2D eigenvalue weighted by molar-refractivity contribution is 6.31. The van der Waals surface area contributed by atoms with Crippen LogP contribution < -0.4 is 10.1 Å². The van der Waals surface area contributed by atoms with Crippen LogP contribution in [0.3, 0.4) is 0 Å². The number of fused-ring (bicyclic) bond motifs is 1. The van der Waals surface area contributed by atoms with Gasteiger partial charge in [0.15, 0.2) is 5.78 Å². The fraction of sp³-hybridized carbons (Fsp3) is 0.115. The first-order valence-corrected chi connectivity index (χ1v) is 10.4. The predicted octanol–water partition coefficient (Wildman–Crippen LogP) is 5.58. The Hall–Kier alpha value is -3.34. The molecule has 4 nitrogen and oxygen atoms in total. The summed E-state index contributed by atoms with van der Waals surface area (Å²) in [6, 6.07) is 27.9. The summed E-state index contributed by atoms with van der Waals surface area (Å²) >= 11 is 6.13. The van der Waals surface area contributed by atoms with E-state index < -0.39 is 6.10 Å². The van der Waals surface area contributed by atoms with Crippen molar-refractivity contribution in [1.82, 2.24) is 0 Å². The lowest BCUT2D eigenvalue weighted by molar-refractivity contribution is 0.103. The minimum Gasteiger partial charge on any atom is -0.490 e. The lowest BCUT2D eigenvalue weighted by Crippen LogP contribution is -2.27. The first kappa shape index (κ1) is 20.9. The lowest BCUT2D eigenvalue weighted by atomic mass is 10.0. The summed E-state index contributed by atoms with van der Waals surface area (Å²) in [7, 11) is 0. The molecule has 0 aromatic heterocycles. The van der Waals surface area contributed by atoms with Crippen molar-refractivity contribution in [2.45, 2.75) is 6.10 Å². The summed E-state index contributed by atoms with van der Waals surface area (Å²) in [5, 5.41) is 16.2. The first-order chi connectivity index (χ1) is 15.1. The van der Waals surface area contributed by atoms with E-state index in [0.29, 0.717) is 21.8 Å². The summed E-state index contributed by atoms with van der Waals surface area (Å²) in [5.74, 6) is 0.593. The van der Waals surface area contributed by atoms with Crippen LogP contribution in [0.5, 0.6) is 5.75 Å². The van der Waals surface area contributed by atoms with Crippen molar-refractivity contribution in [3.63, 3.8) is 0 Å². The highest BCUT2D eigenvalue weighted by Crippen LogP contribution is 2.26. The smallest absolute Gasteiger partial charge is 0.195 e. The lowest BCUT2D eigenvalue weighted by Gasteiger charge is -2.17. The van der Waals surface area contributed by atoms with Gasteiger partial charge >= 0.3 is 0 Å². The maximum Gasteiger partial charge on any atom is 0.195 e. The Balaban J connectivity index is 1.42. The maximum atomic E-state index is 12.9. The number of aliphatic hydroxyl groups is 1. The number of anilines is 1. The van der Waals surface area contributed by atoms with Crippen LogP contribution in [0.15, 0.2) is 91.0 Å². The third-order valence-corrected chi connectivity index (χ3v) is 5.21. The van der Waals surface area contributed by atoms with E-state index in [4.69, 9.17) is 16.3 Å². The number of hydrogen-bond donors (Lipinski definition) is 2. The van der Waals surface area contributed by atoms with E-state index in [2.05, 4.69) is 5.32 Å². The van der Waals surface area contributed by atoms with E-state index in [-0.39, 0.29) is 18.9 Å². The van der Waals surface area contributed by atoms with E-state index >= 15 is 0 Å². The van der Waals surface area contributed by atoms with Gasteiger partial charge in [-0.1, -0.05) is 78.3 Å². The first-order valence-electron chi connectivity index (χ1n) is 10.0. The third kappa shape index (κ3) is 5.05. The van der Waals surface area contributed by atoms with Crippen LogP contribution >= 0.6 is 11.6 Å². The van der Waals surface area contributed by atoms with Gasteiger partial charge in [-0.3, -0.25) is 4.79 Å². The van der Waals surface area contributed by atoms with E-state index in [1.54, 1.807) is 30.3 Å². The predicted molar refractivity (Wildman–Crippen MR) is 125 cm³/mol. The monoisotopic (exact) mass is 431 g/mol. The molecule has 4 aromatic carbocycles. The molecule has 0 fully saturated rings. The van der Waals surface area contributed by atoms with Gasteiger partial charge in [-0.05, 0) is 29.7 Å². The fourth-order valence-corrected chi connectivity index (χ4v) is 3.57. The average Bonchev–Trinajstić information content (AvgIpc) is 2.82. The molecule has 0 heterocycles. The zero-order chi connectivity index (χ0) is 21.6. The summed E-state index contributed by atoms with van der Waals surface area (Å²) in [6.45, 7) is 0.345. The SMILES string of the molecule is O=C(c1ccccc1)c1cc(Cl)ccc1NC[C@@H](O)COc1cccc2ccccc12. The zero-order valence-electron chi connectivity index (χ0n) is 16.8. The molecule has 4 rings (SSSR count). The van der Waals surface area contributed by atoms with Crippen LogP contribution in [-0.4, -0.2) is 30.1 Å². The highest BCUT2D eigenvalue weighted by Gasteiger charge is 2.15. The molecule has 2 N–H and O–H groups in total. The Morgan fingerprint density at radius 3 is 2.52 bits per heavy atom. The van der Waals surface area contributed by atoms with E-state index in [1.807, 2.05) is 60.7 Å². The molecule has 0 unspecified atom stereocenters. The number of nitrogens with one attached hydrogen (secondary N) is 1. The van der Waals surface area contributed by atoms with Gasteiger partial charge in [0.05, 0.1) is 0 Å². The number of ether oxygens (including phenoxy) is 1. The van der Waals surface area contributed by atoms with E-state index in [1.165, 1.54) is 0 Å². The fourth-order valence-electron chi connectivity index (χ4n) is 3.40. The molecule has 0 aliphatic rings. The number of halogens is 1. The van der Waals surface area contributed by atoms with Crippen LogP contribution in [0.1, 0.15) is 15.9 Å². The van der Waals surface area contributed by atoms with Gasteiger partial charge in [-0.2, -0.15) is 0 Å². The molecule has 0 spiro atoms. The number of rotatable bonds is 8. The van der Waals surface area contributed by atoms with Crippen LogP contribution in [-0.2, 0) is 0 Å². The molecule has 0 amide bonds. The second-order valence-electron chi connectivity index (χ2n) is 7.21. The minimum absolute atomic E-state index is 0.122. The van der Waals surface area contributed by atoms with Crippen molar-refractivity contribution in [2.24, 2.45) is 0 Å². The molecule has 31 heavy (non-hydrogen) atoms. The standard InChI is InChI=1S/C26H22ClNO3/c27-20-13-14-24(23(15-20)26(30)19-8-2-1-3-9-19)28-16-21(29)17-31-25-12-6-10-18-7-4-5-11-22(18)25/h1-15,21,28-29H,16-17H2/t21-/m1/s1. The van der Waals surface area contributed by atoms with Crippen molar-refractivity contribution in [2.75, 3.05) is 18.5 Å². The van der Waals surface area contributed by atoms with E-state index in [9.17, 15) is 9.90 Å². The van der Waals surface area contributed by atoms with Gasteiger partial charge in [-0.15, -0.1) is 0 Å². The van der Waals surface area contributed by atoms with Gasteiger partial charge in [0.2, 0.25) is 0 Å². The topological polar surface area (TPSA) is 58.6 Å². The van der Waals surface area contributed by atoms with Crippen LogP contribution in [0.2, 0.25) is 5.02 Å². The summed E-state index contributed by atoms with van der Waals surface area (Å²) in [5.41, 5.74) is 1.65. The highest BCUT2D eigenvalue weighted by atomic mass is 35.5. The summed E-state index contributed by atoms with van der Waals surface area (Å²) < 4.78 is 5.86. The summed E-state index contributed by atoms with van der Waals surface area (Å²) in [6.07, 6.45) is -0.769. The van der Waals surface area contributed by atoms with Gasteiger partial charge in [0.25, 0.3) is 0 Å². The largest absolute Gasteiger partial charge is 0.490 e. The van der Waals surface area contributed by atoms with Gasteiger partial charge in [-0.25, -0.2) is 0 Å².